The fourth-order valence-corrected chi connectivity index (χ4v) is 6.66. The zero-order valence-electron chi connectivity index (χ0n) is 37.3. The molecule has 0 aliphatic rings. The molecule has 12 nitrogen and oxygen atoms in total. The van der Waals surface area contributed by atoms with Gasteiger partial charge in [0.2, 0.25) is 11.8 Å². The summed E-state index contributed by atoms with van der Waals surface area (Å²) in [5, 5.41) is 27.0. The molecule has 4 rings (SSSR count). The Morgan fingerprint density at radius 3 is 1.05 bits per heavy atom. The third-order valence-corrected chi connectivity index (χ3v) is 9.71. The second-order valence-electron chi connectivity index (χ2n) is 16.1. The van der Waals surface area contributed by atoms with Gasteiger partial charge in [-0.25, -0.2) is 0 Å². The minimum absolute atomic E-state index is 0. The van der Waals surface area contributed by atoms with E-state index in [0.717, 1.165) is 33.4 Å². The Labute approximate surface area is 401 Å². The Balaban J connectivity index is 0.000000427. The van der Waals surface area contributed by atoms with Gasteiger partial charge < -0.3 is 39.9 Å². The molecular weight excluding hydrogens is 829 g/mol. The van der Waals surface area contributed by atoms with Crippen LogP contribution in [0.15, 0.2) is 109 Å². The zero-order chi connectivity index (χ0) is 45.6. The molecule has 0 fully saturated rings. The van der Waals surface area contributed by atoms with E-state index < -0.39 is 23.8 Å². The first-order valence-corrected chi connectivity index (χ1v) is 21.2. The predicted octanol–water partition coefficient (Wildman–Crippen LogP) is 5.40. The average molecular weight is 889 g/mol. The molecule has 0 aliphatic heterocycles. The molecular formula is C50H60CaN2O10. The number of amides is 2. The van der Waals surface area contributed by atoms with Gasteiger partial charge in [0.1, 0.15) is 0 Å². The van der Waals surface area contributed by atoms with Gasteiger partial charge in [-0.1, -0.05) is 123 Å². The molecule has 0 unspecified atom stereocenters. The first-order valence-electron chi connectivity index (χ1n) is 21.2. The van der Waals surface area contributed by atoms with Crippen molar-refractivity contribution in [3.63, 3.8) is 0 Å². The average Bonchev–Trinajstić information content (AvgIpc) is 3.23. The van der Waals surface area contributed by atoms with Crippen molar-refractivity contribution in [3.8, 4) is 22.3 Å². The number of rotatable bonds is 22. The molecule has 0 aliphatic carbocycles. The van der Waals surface area contributed by atoms with Crippen molar-refractivity contribution in [1.82, 2.24) is 10.6 Å². The number of hydrogen-bond donors (Lipinski definition) is 2. The molecule has 0 saturated heterocycles. The van der Waals surface area contributed by atoms with Crippen molar-refractivity contribution < 1.29 is 48.5 Å². The molecule has 13 heteroatoms. The summed E-state index contributed by atoms with van der Waals surface area (Å²) in [6.07, 6.45) is 0.411. The number of aliphatic carboxylic acids is 2. The van der Waals surface area contributed by atoms with E-state index in [1.165, 1.54) is 0 Å². The largest absolute Gasteiger partial charge is 2.00 e. The van der Waals surface area contributed by atoms with Crippen molar-refractivity contribution in [3.05, 3.63) is 120 Å². The first-order chi connectivity index (χ1) is 29.5. The van der Waals surface area contributed by atoms with Crippen LogP contribution >= 0.6 is 0 Å². The van der Waals surface area contributed by atoms with Crippen LogP contribution in [0.1, 0.15) is 91.2 Å². The van der Waals surface area contributed by atoms with Gasteiger partial charge >= 0.3 is 49.7 Å². The predicted molar refractivity (Wildman–Crippen MR) is 239 cm³/mol. The number of benzene rings is 4. The summed E-state index contributed by atoms with van der Waals surface area (Å²) in [4.78, 5) is 70.1. The van der Waals surface area contributed by atoms with Crippen LogP contribution in [0.25, 0.3) is 22.3 Å². The standard InChI is InChI=1S/2C25H31NO5.Ca/c2*1-17(2)31-25(30)18(3)15-22(26-23(27)13-14-24(28)29)16-19-9-11-21(12-10-19)20-7-5-4-6-8-20;/h2*4-12,17-18,22H,13-16H2,1-3H3,(H,26,27)(H,28,29);/q;;+2/p-2/t2*18-,22-;/m00./s1. The van der Waals surface area contributed by atoms with Crippen molar-refractivity contribution in [2.75, 3.05) is 0 Å². The Morgan fingerprint density at radius 1 is 0.460 bits per heavy atom. The quantitative estimate of drug-likeness (QED) is 0.0764. The Kier molecular flexibility index (Phi) is 24.6. The SMILES string of the molecule is CC(C)OC(=O)[C@@H](C)C[C@@H](Cc1ccc(-c2ccccc2)cc1)NC(=O)CCC(=O)[O-].CC(C)OC(=O)[C@@H](C)C[C@@H](Cc1ccc(-c2ccccc2)cc1)NC(=O)CCC(=O)[O-].[Ca+2]. The van der Waals surface area contributed by atoms with Crippen LogP contribution in [0.4, 0.5) is 0 Å². The topological polar surface area (TPSA) is 191 Å². The van der Waals surface area contributed by atoms with Crippen LogP contribution in [-0.4, -0.2) is 97.7 Å². The van der Waals surface area contributed by atoms with Gasteiger partial charge in [-0.05, 0) is 99.6 Å². The molecule has 332 valence electrons. The van der Waals surface area contributed by atoms with Crippen molar-refractivity contribution >= 4 is 73.4 Å². The number of carbonyl (C=O) groups excluding carboxylic acids is 6. The van der Waals surface area contributed by atoms with Gasteiger partial charge in [-0.15, -0.1) is 0 Å². The van der Waals surface area contributed by atoms with E-state index in [2.05, 4.69) is 10.6 Å². The van der Waals surface area contributed by atoms with Crippen molar-refractivity contribution in [2.45, 2.75) is 117 Å². The molecule has 0 heterocycles. The maximum absolute atomic E-state index is 12.2. The molecule has 63 heavy (non-hydrogen) atoms. The van der Waals surface area contributed by atoms with Crippen LogP contribution in [-0.2, 0) is 51.1 Å². The minimum atomic E-state index is -1.27. The third kappa shape index (κ3) is 21.7. The summed E-state index contributed by atoms with van der Waals surface area (Å²) in [5.41, 5.74) is 6.43. The third-order valence-electron chi connectivity index (χ3n) is 9.71. The molecule has 4 aromatic carbocycles. The fourth-order valence-electron chi connectivity index (χ4n) is 6.66. The minimum Gasteiger partial charge on any atom is -0.550 e. The molecule has 4 atom stereocenters. The summed E-state index contributed by atoms with van der Waals surface area (Å²) in [7, 11) is 0. The Bertz CT molecular complexity index is 1880. The number of carboxylic acids is 2. The number of carboxylic acid groups (broad SMARTS) is 2. The number of esters is 2. The van der Waals surface area contributed by atoms with E-state index in [1.807, 2.05) is 109 Å². The maximum Gasteiger partial charge on any atom is 2.00 e. The summed E-state index contributed by atoms with van der Waals surface area (Å²) in [5.74, 6) is -4.73. The van der Waals surface area contributed by atoms with Crippen LogP contribution in [0.5, 0.6) is 0 Å². The van der Waals surface area contributed by atoms with Gasteiger partial charge in [0, 0.05) is 36.9 Å². The van der Waals surface area contributed by atoms with Gasteiger partial charge in [0.05, 0.1) is 24.0 Å². The van der Waals surface area contributed by atoms with Crippen LogP contribution in [0, 0.1) is 11.8 Å². The van der Waals surface area contributed by atoms with Gasteiger partial charge in [0.15, 0.2) is 0 Å². The van der Waals surface area contributed by atoms with E-state index in [-0.39, 0.29) is 111 Å². The molecule has 2 N–H and O–H groups in total. The van der Waals surface area contributed by atoms with Gasteiger partial charge in [-0.3, -0.25) is 19.2 Å². The van der Waals surface area contributed by atoms with Gasteiger partial charge in [0.25, 0.3) is 0 Å². The second kappa shape index (κ2) is 28.6. The maximum atomic E-state index is 12.2. The van der Waals surface area contributed by atoms with E-state index in [9.17, 15) is 39.0 Å². The Hall–Kier alpha value is -5.04. The smallest absolute Gasteiger partial charge is 0.550 e. The molecule has 0 aromatic heterocycles. The summed E-state index contributed by atoms with van der Waals surface area (Å²) < 4.78 is 10.5. The zero-order valence-corrected chi connectivity index (χ0v) is 39.5. The normalized spacial score (nSPS) is 12.6. The van der Waals surface area contributed by atoms with Crippen molar-refractivity contribution in [1.29, 1.82) is 0 Å². The molecule has 0 radical (unpaired) electrons. The number of nitrogens with one attached hydrogen (secondary N) is 2. The van der Waals surface area contributed by atoms with E-state index >= 15 is 0 Å². The fraction of sp³-hybridized carbons (Fsp3) is 0.400. The van der Waals surface area contributed by atoms with E-state index in [0.29, 0.717) is 25.7 Å². The Morgan fingerprint density at radius 2 is 0.762 bits per heavy atom. The second-order valence-corrected chi connectivity index (χ2v) is 16.1. The number of ether oxygens (including phenoxy) is 2. The van der Waals surface area contributed by atoms with Crippen LogP contribution in [0.3, 0.4) is 0 Å². The van der Waals surface area contributed by atoms with Crippen molar-refractivity contribution in [2.24, 2.45) is 11.8 Å². The molecule has 2 amide bonds. The van der Waals surface area contributed by atoms with Crippen LogP contribution < -0.4 is 20.8 Å². The number of hydrogen-bond acceptors (Lipinski definition) is 10. The summed E-state index contributed by atoms with van der Waals surface area (Å²) in [6, 6.07) is 35.5. The van der Waals surface area contributed by atoms with Crippen LogP contribution in [0.2, 0.25) is 0 Å². The molecule has 0 spiro atoms. The first kappa shape index (κ1) is 54.1. The van der Waals surface area contributed by atoms with E-state index in [4.69, 9.17) is 9.47 Å². The monoisotopic (exact) mass is 888 g/mol. The van der Waals surface area contributed by atoms with E-state index in [1.54, 1.807) is 41.5 Å². The number of carbonyl (C=O) groups is 6. The van der Waals surface area contributed by atoms with Gasteiger partial charge in [-0.2, -0.15) is 0 Å². The summed E-state index contributed by atoms with van der Waals surface area (Å²) in [6.45, 7) is 10.7. The molecule has 0 saturated carbocycles. The summed E-state index contributed by atoms with van der Waals surface area (Å²) >= 11 is 0. The molecule has 0 bridgehead atoms. The molecule has 4 aromatic rings.